The van der Waals surface area contributed by atoms with Gasteiger partial charge in [-0.3, -0.25) is 0 Å². The second-order valence-corrected chi connectivity index (χ2v) is 10.3. The van der Waals surface area contributed by atoms with Crippen molar-refractivity contribution in [2.24, 2.45) is 17.6 Å². The minimum absolute atomic E-state index is 0.0264. The van der Waals surface area contributed by atoms with Gasteiger partial charge in [0.2, 0.25) is 0 Å². The molecule has 1 saturated heterocycles. The Hall–Kier alpha value is -1.89. The summed E-state index contributed by atoms with van der Waals surface area (Å²) in [6.07, 6.45) is 13.1. The average molecular weight is 486 g/mol. The van der Waals surface area contributed by atoms with Crippen LogP contribution >= 0.6 is 0 Å². The van der Waals surface area contributed by atoms with Crippen molar-refractivity contribution in [3.8, 4) is 0 Å². The summed E-state index contributed by atoms with van der Waals surface area (Å²) in [6, 6.07) is 8.57. The molecule has 1 aliphatic carbocycles. The summed E-state index contributed by atoms with van der Waals surface area (Å²) >= 11 is 0. The first-order valence-electron chi connectivity index (χ1n) is 13.7. The maximum Gasteiger partial charge on any atom is 0.317 e. The van der Waals surface area contributed by atoms with E-state index in [0.717, 1.165) is 38.6 Å². The van der Waals surface area contributed by atoms with Crippen molar-refractivity contribution in [1.82, 2.24) is 10.2 Å². The lowest BCUT2D eigenvalue weighted by molar-refractivity contribution is -0.0171. The molecule has 1 heterocycles. The van der Waals surface area contributed by atoms with E-state index in [1.165, 1.54) is 43.2 Å². The lowest BCUT2D eigenvalue weighted by Crippen LogP contribution is -2.51. The van der Waals surface area contributed by atoms with Gasteiger partial charge in [-0.15, -0.1) is 6.58 Å². The minimum atomic E-state index is -0.0499. The van der Waals surface area contributed by atoms with E-state index in [-0.39, 0.29) is 24.1 Å². The number of hydrogen-bond acceptors (Lipinski definition) is 4. The monoisotopic (exact) mass is 485 g/mol. The molecule has 1 aromatic carbocycles. The highest BCUT2D eigenvalue weighted by atomic mass is 16.5. The third-order valence-electron chi connectivity index (χ3n) is 7.64. The second kappa shape index (κ2) is 15.3. The third kappa shape index (κ3) is 8.62. The van der Waals surface area contributed by atoms with Crippen molar-refractivity contribution in [2.75, 3.05) is 40.0 Å². The van der Waals surface area contributed by atoms with Crippen LogP contribution in [-0.4, -0.2) is 56.9 Å². The number of nitrogens with one attached hydrogen (secondary N) is 1. The van der Waals surface area contributed by atoms with Crippen molar-refractivity contribution >= 4 is 6.03 Å². The topological polar surface area (TPSA) is 76.8 Å². The summed E-state index contributed by atoms with van der Waals surface area (Å²) in [7, 11) is 1.72. The van der Waals surface area contributed by atoms with Gasteiger partial charge in [0.05, 0.1) is 6.10 Å². The zero-order chi connectivity index (χ0) is 24.9. The Labute approximate surface area is 212 Å². The number of methoxy groups -OCH3 is 1. The first kappa shape index (κ1) is 27.7. The molecule has 3 N–H and O–H groups in total. The Morgan fingerprint density at radius 2 is 2.00 bits per heavy atom. The van der Waals surface area contributed by atoms with Crippen LogP contribution in [0.5, 0.6) is 0 Å². The Balaban J connectivity index is 1.66. The van der Waals surface area contributed by atoms with Crippen molar-refractivity contribution < 1.29 is 14.3 Å². The van der Waals surface area contributed by atoms with E-state index in [1.807, 2.05) is 11.0 Å². The molecule has 0 aromatic heterocycles. The number of rotatable bonds is 13. The number of carbonyl (C=O) groups is 1. The predicted molar refractivity (Wildman–Crippen MR) is 142 cm³/mol. The van der Waals surface area contributed by atoms with Gasteiger partial charge in [0.25, 0.3) is 0 Å². The molecule has 1 unspecified atom stereocenters. The third-order valence-corrected chi connectivity index (χ3v) is 7.64. The van der Waals surface area contributed by atoms with Gasteiger partial charge in [-0.25, -0.2) is 4.79 Å². The lowest BCUT2D eigenvalue weighted by atomic mass is 9.84. The number of ether oxygens (including phenoxy) is 2. The van der Waals surface area contributed by atoms with Gasteiger partial charge in [0.15, 0.2) is 0 Å². The molecule has 196 valence electrons. The summed E-state index contributed by atoms with van der Waals surface area (Å²) in [5.74, 6) is 0.940. The summed E-state index contributed by atoms with van der Waals surface area (Å²) in [5, 5.41) is 3.27. The molecule has 0 bridgehead atoms. The van der Waals surface area contributed by atoms with Crippen molar-refractivity contribution in [1.29, 1.82) is 0 Å². The normalized spacial score (nSPS) is 20.9. The molecule has 2 amide bonds. The Morgan fingerprint density at radius 3 is 2.74 bits per heavy atom. The van der Waals surface area contributed by atoms with Crippen LogP contribution in [0.15, 0.2) is 36.9 Å². The molecule has 35 heavy (non-hydrogen) atoms. The molecule has 0 spiro atoms. The quantitative estimate of drug-likeness (QED) is 0.296. The number of piperidine rings is 1. The van der Waals surface area contributed by atoms with Gasteiger partial charge in [-0.1, -0.05) is 62.4 Å². The molecule has 1 saturated carbocycles. The van der Waals surface area contributed by atoms with E-state index in [2.05, 4.69) is 36.2 Å². The predicted octanol–water partition coefficient (Wildman–Crippen LogP) is 5.23. The highest BCUT2D eigenvalue weighted by Gasteiger charge is 2.33. The van der Waals surface area contributed by atoms with Crippen LogP contribution in [0.2, 0.25) is 0 Å². The highest BCUT2D eigenvalue weighted by Crippen LogP contribution is 2.35. The van der Waals surface area contributed by atoms with E-state index in [1.54, 1.807) is 7.11 Å². The molecule has 3 rings (SSSR count). The van der Waals surface area contributed by atoms with E-state index in [9.17, 15) is 4.79 Å². The van der Waals surface area contributed by atoms with E-state index >= 15 is 0 Å². The number of nitrogens with two attached hydrogens (primary N) is 1. The molecule has 2 aliphatic rings. The maximum atomic E-state index is 13.3. The Bertz CT molecular complexity index is 765. The molecule has 1 aromatic rings. The number of urea groups is 1. The van der Waals surface area contributed by atoms with Crippen LogP contribution in [0.3, 0.4) is 0 Å². The van der Waals surface area contributed by atoms with E-state index < -0.39 is 0 Å². The zero-order valence-electron chi connectivity index (χ0n) is 21.8. The van der Waals surface area contributed by atoms with Crippen LogP contribution in [0, 0.1) is 11.8 Å². The SMILES string of the molecule is C=CCc1ccccc1[C@H](OCCCOC)[C@@H]1CCCN(C(=O)NC(CN)CC2CCCCC2)C1. The summed E-state index contributed by atoms with van der Waals surface area (Å²) in [4.78, 5) is 15.3. The number of likely N-dealkylation sites (tertiary alicyclic amines) is 1. The van der Waals surface area contributed by atoms with Crippen molar-refractivity contribution in [2.45, 2.75) is 76.4 Å². The molecule has 3 atom stereocenters. The van der Waals surface area contributed by atoms with Crippen LogP contribution < -0.4 is 11.1 Å². The van der Waals surface area contributed by atoms with E-state index in [0.29, 0.717) is 32.2 Å². The second-order valence-electron chi connectivity index (χ2n) is 10.3. The zero-order valence-corrected chi connectivity index (χ0v) is 21.8. The molecule has 1 aliphatic heterocycles. The van der Waals surface area contributed by atoms with Crippen molar-refractivity contribution in [3.05, 3.63) is 48.0 Å². The number of amides is 2. The van der Waals surface area contributed by atoms with Gasteiger partial charge in [0.1, 0.15) is 0 Å². The molecule has 0 radical (unpaired) electrons. The van der Waals surface area contributed by atoms with Crippen LogP contribution in [0.25, 0.3) is 0 Å². The van der Waals surface area contributed by atoms with Gasteiger partial charge >= 0.3 is 6.03 Å². The molecule has 6 nitrogen and oxygen atoms in total. The van der Waals surface area contributed by atoms with Gasteiger partial charge in [-0.2, -0.15) is 0 Å². The van der Waals surface area contributed by atoms with Crippen LogP contribution in [0.4, 0.5) is 4.79 Å². The Morgan fingerprint density at radius 1 is 1.20 bits per heavy atom. The smallest absolute Gasteiger partial charge is 0.317 e. The highest BCUT2D eigenvalue weighted by molar-refractivity contribution is 5.74. The van der Waals surface area contributed by atoms with Crippen LogP contribution in [-0.2, 0) is 15.9 Å². The molecule has 2 fully saturated rings. The summed E-state index contributed by atoms with van der Waals surface area (Å²) in [5.41, 5.74) is 8.54. The standard InChI is InChI=1S/C29H47N3O3/c1-3-11-24-14-7-8-16-27(24)28(35-19-10-18-34-2)25-15-9-17-32(22-25)29(33)31-26(21-30)20-23-12-5-4-6-13-23/h3,7-8,14,16,23,25-26,28H,1,4-6,9-13,15,17-22,30H2,2H3,(H,31,33)/t25-,26?,28-/m1/s1. The molecular weight excluding hydrogens is 438 g/mol. The lowest BCUT2D eigenvalue weighted by Gasteiger charge is -2.38. The van der Waals surface area contributed by atoms with E-state index in [4.69, 9.17) is 15.2 Å². The van der Waals surface area contributed by atoms with Gasteiger partial charge in [0, 0.05) is 51.9 Å². The fourth-order valence-electron chi connectivity index (χ4n) is 5.79. The molecule has 6 heteroatoms. The first-order valence-corrected chi connectivity index (χ1v) is 13.7. The number of benzene rings is 1. The summed E-state index contributed by atoms with van der Waals surface area (Å²) < 4.78 is 11.7. The largest absolute Gasteiger partial charge is 0.385 e. The van der Waals surface area contributed by atoms with Gasteiger partial charge in [-0.05, 0) is 49.1 Å². The van der Waals surface area contributed by atoms with Crippen LogP contribution in [0.1, 0.15) is 75.0 Å². The minimum Gasteiger partial charge on any atom is -0.385 e. The number of hydrogen-bond donors (Lipinski definition) is 2. The fourth-order valence-corrected chi connectivity index (χ4v) is 5.79. The Kier molecular flexibility index (Phi) is 12.1. The van der Waals surface area contributed by atoms with Crippen molar-refractivity contribution in [3.63, 3.8) is 0 Å². The molecular formula is C29H47N3O3. The fraction of sp³-hybridized carbons (Fsp3) is 0.690. The summed E-state index contributed by atoms with van der Waals surface area (Å²) in [6.45, 7) is 7.24. The van der Waals surface area contributed by atoms with Gasteiger partial charge < -0.3 is 25.4 Å². The number of allylic oxidation sites excluding steroid dienone is 1. The first-order chi connectivity index (χ1) is 17.2. The number of nitrogens with zero attached hydrogens (tertiary/aromatic N) is 1. The average Bonchev–Trinajstić information content (AvgIpc) is 2.90. The maximum absolute atomic E-state index is 13.3. The number of carbonyl (C=O) groups excluding carboxylic acids is 1.